The molecule has 1 aromatic heterocycles. The first kappa shape index (κ1) is 14.5. The van der Waals surface area contributed by atoms with Crippen LogP contribution in [0, 0.1) is 16.0 Å². The topological polar surface area (TPSA) is 88.3 Å². The minimum Gasteiger partial charge on any atom is -0.396 e. The van der Waals surface area contributed by atoms with Crippen molar-refractivity contribution in [2.45, 2.75) is 6.92 Å². The molecule has 0 radical (unpaired) electrons. The fourth-order valence-corrected chi connectivity index (χ4v) is 2.11. The van der Waals surface area contributed by atoms with Gasteiger partial charge in [0, 0.05) is 18.5 Å². The van der Waals surface area contributed by atoms with Crippen LogP contribution in [0.2, 0.25) is 5.15 Å². The molecule has 1 atom stereocenters. The molecule has 0 saturated heterocycles. The Morgan fingerprint density at radius 1 is 1.50 bits per heavy atom. The molecule has 106 valence electrons. The van der Waals surface area contributed by atoms with E-state index in [1.54, 1.807) is 24.3 Å². The van der Waals surface area contributed by atoms with Gasteiger partial charge in [0.1, 0.15) is 5.69 Å². The van der Waals surface area contributed by atoms with Crippen molar-refractivity contribution >= 4 is 33.9 Å². The number of rotatable bonds is 5. The Labute approximate surface area is 120 Å². The third-order valence-electron chi connectivity index (χ3n) is 2.95. The molecule has 1 heterocycles. The van der Waals surface area contributed by atoms with Gasteiger partial charge >= 0.3 is 5.69 Å². The van der Waals surface area contributed by atoms with E-state index in [1.807, 2.05) is 6.92 Å². The Morgan fingerprint density at radius 3 is 2.85 bits per heavy atom. The molecule has 20 heavy (non-hydrogen) atoms. The van der Waals surface area contributed by atoms with Crippen LogP contribution in [-0.2, 0) is 0 Å². The molecule has 2 N–H and O–H groups in total. The summed E-state index contributed by atoms with van der Waals surface area (Å²) < 4.78 is 0. The zero-order chi connectivity index (χ0) is 14.7. The minimum absolute atomic E-state index is 0.00243. The van der Waals surface area contributed by atoms with Crippen molar-refractivity contribution in [3.63, 3.8) is 0 Å². The number of anilines is 1. The summed E-state index contributed by atoms with van der Waals surface area (Å²) in [5.41, 5.74) is 0.684. The summed E-state index contributed by atoms with van der Waals surface area (Å²) in [6.07, 6.45) is 0. The standard InChI is InChI=1S/C13H14ClN3O3/c1-8(7-18)6-15-11-9-4-2-3-5-10(9)16-13(14)12(11)17(19)20/h2-5,8,18H,6-7H2,1H3,(H,15,16). The number of aliphatic hydroxyl groups is 1. The van der Waals surface area contributed by atoms with Crippen molar-refractivity contribution in [1.29, 1.82) is 0 Å². The molecule has 0 aliphatic carbocycles. The largest absolute Gasteiger partial charge is 0.396 e. The zero-order valence-corrected chi connectivity index (χ0v) is 11.6. The van der Waals surface area contributed by atoms with Gasteiger partial charge in [-0.3, -0.25) is 10.1 Å². The van der Waals surface area contributed by atoms with Gasteiger partial charge < -0.3 is 10.4 Å². The van der Waals surface area contributed by atoms with Crippen molar-refractivity contribution in [3.8, 4) is 0 Å². The number of halogens is 1. The summed E-state index contributed by atoms with van der Waals surface area (Å²) in [5, 5.41) is 23.7. The first-order valence-corrected chi connectivity index (χ1v) is 6.49. The average Bonchev–Trinajstić information content (AvgIpc) is 2.43. The maximum atomic E-state index is 11.2. The van der Waals surface area contributed by atoms with Crippen LogP contribution in [0.4, 0.5) is 11.4 Å². The molecule has 2 rings (SSSR count). The van der Waals surface area contributed by atoms with Crippen molar-refractivity contribution in [1.82, 2.24) is 4.98 Å². The van der Waals surface area contributed by atoms with Crippen molar-refractivity contribution < 1.29 is 10.0 Å². The number of benzene rings is 1. The number of hydrogen-bond acceptors (Lipinski definition) is 5. The molecule has 1 aromatic carbocycles. The number of hydrogen-bond donors (Lipinski definition) is 2. The summed E-state index contributed by atoms with van der Waals surface area (Å²) in [6.45, 7) is 2.24. The molecule has 0 bridgehead atoms. The lowest BCUT2D eigenvalue weighted by Crippen LogP contribution is -2.15. The van der Waals surface area contributed by atoms with Crippen LogP contribution in [0.15, 0.2) is 24.3 Å². The van der Waals surface area contributed by atoms with Gasteiger partial charge in [-0.2, -0.15) is 0 Å². The molecule has 1 unspecified atom stereocenters. The van der Waals surface area contributed by atoms with Crippen molar-refractivity contribution in [2.75, 3.05) is 18.5 Å². The third kappa shape index (κ3) is 2.81. The first-order valence-electron chi connectivity index (χ1n) is 6.12. The van der Waals surface area contributed by atoms with E-state index in [0.29, 0.717) is 23.1 Å². The molecular formula is C13H14ClN3O3. The molecule has 2 aromatic rings. The second-order valence-electron chi connectivity index (χ2n) is 4.57. The number of nitrogens with zero attached hydrogens (tertiary/aromatic N) is 2. The molecule has 0 aliphatic heterocycles. The number of aliphatic hydroxyl groups excluding tert-OH is 1. The predicted molar refractivity (Wildman–Crippen MR) is 78.1 cm³/mol. The highest BCUT2D eigenvalue weighted by Crippen LogP contribution is 2.37. The van der Waals surface area contributed by atoms with E-state index in [-0.39, 0.29) is 23.4 Å². The van der Waals surface area contributed by atoms with Gasteiger partial charge in [0.2, 0.25) is 5.15 Å². The van der Waals surface area contributed by atoms with Crippen LogP contribution >= 0.6 is 11.6 Å². The monoisotopic (exact) mass is 295 g/mol. The number of fused-ring (bicyclic) bond motifs is 1. The molecule has 0 spiro atoms. The molecule has 0 saturated carbocycles. The first-order chi connectivity index (χ1) is 9.54. The lowest BCUT2D eigenvalue weighted by atomic mass is 10.1. The summed E-state index contributed by atoms with van der Waals surface area (Å²) in [7, 11) is 0. The van der Waals surface area contributed by atoms with Gasteiger partial charge in [-0.25, -0.2) is 4.98 Å². The number of pyridine rings is 1. The lowest BCUT2D eigenvalue weighted by molar-refractivity contribution is -0.384. The SMILES string of the molecule is CC(CO)CNc1c([N+](=O)[O-])c(Cl)nc2ccccc12. The predicted octanol–water partition coefficient (Wildman–Crippen LogP) is 2.84. The van der Waals surface area contributed by atoms with Crippen LogP contribution in [0.5, 0.6) is 0 Å². The normalized spacial score (nSPS) is 12.3. The number of nitro groups is 1. The van der Waals surface area contributed by atoms with Gasteiger partial charge in [0.05, 0.1) is 10.4 Å². The second kappa shape index (κ2) is 6.02. The van der Waals surface area contributed by atoms with Crippen LogP contribution in [-0.4, -0.2) is 28.2 Å². The average molecular weight is 296 g/mol. The molecule has 0 aliphatic rings. The fraction of sp³-hybridized carbons (Fsp3) is 0.308. The molecule has 7 heteroatoms. The van der Waals surface area contributed by atoms with E-state index in [9.17, 15) is 10.1 Å². The van der Waals surface area contributed by atoms with Crippen molar-refractivity contribution in [3.05, 3.63) is 39.5 Å². The maximum absolute atomic E-state index is 11.2. The Morgan fingerprint density at radius 2 is 2.20 bits per heavy atom. The van der Waals surface area contributed by atoms with Gasteiger partial charge in [-0.05, 0) is 12.0 Å². The Hall–Kier alpha value is -1.92. The lowest BCUT2D eigenvalue weighted by Gasteiger charge is -2.13. The second-order valence-corrected chi connectivity index (χ2v) is 4.93. The quantitative estimate of drug-likeness (QED) is 0.503. The maximum Gasteiger partial charge on any atom is 0.329 e. The fourth-order valence-electron chi connectivity index (χ4n) is 1.86. The van der Waals surface area contributed by atoms with E-state index < -0.39 is 4.92 Å². The third-order valence-corrected chi connectivity index (χ3v) is 3.21. The summed E-state index contributed by atoms with van der Waals surface area (Å²) in [5.74, 6) is -0.0275. The van der Waals surface area contributed by atoms with Gasteiger partial charge in [0.15, 0.2) is 0 Å². The molecule has 6 nitrogen and oxygen atoms in total. The Balaban J connectivity index is 2.57. The smallest absolute Gasteiger partial charge is 0.329 e. The van der Waals surface area contributed by atoms with E-state index in [4.69, 9.17) is 16.7 Å². The van der Waals surface area contributed by atoms with Gasteiger partial charge in [0.25, 0.3) is 0 Å². The Bertz CT molecular complexity index is 648. The van der Waals surface area contributed by atoms with Crippen LogP contribution in [0.3, 0.4) is 0 Å². The number of nitrogens with one attached hydrogen (secondary N) is 1. The van der Waals surface area contributed by atoms with Crippen LogP contribution in [0.25, 0.3) is 10.9 Å². The van der Waals surface area contributed by atoms with Gasteiger partial charge in [-0.1, -0.05) is 36.7 Å². The van der Waals surface area contributed by atoms with E-state index >= 15 is 0 Å². The van der Waals surface area contributed by atoms with E-state index in [2.05, 4.69) is 10.3 Å². The highest BCUT2D eigenvalue weighted by Gasteiger charge is 2.23. The van der Waals surface area contributed by atoms with Crippen LogP contribution < -0.4 is 5.32 Å². The number of para-hydroxylation sites is 1. The summed E-state index contributed by atoms with van der Waals surface area (Å²) in [4.78, 5) is 14.7. The zero-order valence-electron chi connectivity index (χ0n) is 10.8. The number of aromatic nitrogens is 1. The summed E-state index contributed by atoms with van der Waals surface area (Å²) >= 11 is 5.91. The highest BCUT2D eigenvalue weighted by molar-refractivity contribution is 6.33. The van der Waals surface area contributed by atoms with E-state index in [0.717, 1.165) is 0 Å². The van der Waals surface area contributed by atoms with Crippen molar-refractivity contribution in [2.24, 2.45) is 5.92 Å². The van der Waals surface area contributed by atoms with E-state index in [1.165, 1.54) is 0 Å². The highest BCUT2D eigenvalue weighted by atomic mass is 35.5. The van der Waals surface area contributed by atoms with Gasteiger partial charge in [-0.15, -0.1) is 0 Å². The minimum atomic E-state index is -0.548. The molecule has 0 amide bonds. The molecule has 0 fully saturated rings. The van der Waals surface area contributed by atoms with Crippen LogP contribution in [0.1, 0.15) is 6.92 Å². The summed E-state index contributed by atoms with van der Waals surface area (Å²) in [6, 6.07) is 7.06. The molecular weight excluding hydrogens is 282 g/mol. The Kier molecular flexibility index (Phi) is 4.36.